The lowest BCUT2D eigenvalue weighted by molar-refractivity contribution is -0.116. The lowest BCUT2D eigenvalue weighted by Gasteiger charge is -2.19. The Morgan fingerprint density at radius 1 is 1.25 bits per heavy atom. The summed E-state index contributed by atoms with van der Waals surface area (Å²) in [6, 6.07) is 11.6. The van der Waals surface area contributed by atoms with Crippen LogP contribution < -0.4 is 10.6 Å². The summed E-state index contributed by atoms with van der Waals surface area (Å²) in [6.45, 7) is 3.49. The van der Waals surface area contributed by atoms with Gasteiger partial charge in [0.15, 0.2) is 0 Å². The van der Waals surface area contributed by atoms with Crippen molar-refractivity contribution in [2.24, 2.45) is 0 Å². The molecule has 0 radical (unpaired) electrons. The van der Waals surface area contributed by atoms with Crippen molar-refractivity contribution in [3.8, 4) is 0 Å². The zero-order valence-corrected chi connectivity index (χ0v) is 14.5. The zero-order chi connectivity index (χ0) is 16.2. The molecule has 0 saturated carbocycles. The summed E-state index contributed by atoms with van der Waals surface area (Å²) >= 11 is 0. The summed E-state index contributed by atoms with van der Waals surface area (Å²) in [4.78, 5) is 12.1. The Kier molecular flexibility index (Phi) is 6.35. The maximum atomic E-state index is 14.5. The van der Waals surface area contributed by atoms with E-state index >= 15 is 0 Å². The molecule has 1 heterocycles. The summed E-state index contributed by atoms with van der Waals surface area (Å²) in [5.41, 5.74) is 4.32. The van der Waals surface area contributed by atoms with Gasteiger partial charge in [-0.05, 0) is 54.6 Å². The summed E-state index contributed by atoms with van der Waals surface area (Å²) in [5, 5.41) is 5.93. The van der Waals surface area contributed by atoms with Gasteiger partial charge in [0.25, 0.3) is 0 Å². The van der Waals surface area contributed by atoms with E-state index in [0.717, 1.165) is 23.2 Å². The van der Waals surface area contributed by atoms with Crippen molar-refractivity contribution in [1.29, 1.82) is 0 Å². The van der Waals surface area contributed by atoms with E-state index in [9.17, 15) is 9.18 Å². The Labute approximate surface area is 148 Å². The maximum Gasteiger partial charge on any atom is 0.224 e. The molecule has 0 saturated heterocycles. The second-order valence-electron chi connectivity index (χ2n) is 5.97. The SMILES string of the molecule is Cc1ccccc1CCC(=O)Nc1ccc2c(c1F)CCNC2.Cl. The number of hydrogen-bond donors (Lipinski definition) is 2. The number of anilines is 1. The van der Waals surface area contributed by atoms with E-state index in [1.807, 2.05) is 37.3 Å². The minimum absolute atomic E-state index is 0. The van der Waals surface area contributed by atoms with Crippen LogP contribution in [0.2, 0.25) is 0 Å². The first-order valence-electron chi connectivity index (χ1n) is 8.00. The minimum atomic E-state index is -0.284. The average Bonchev–Trinajstić information content (AvgIpc) is 2.57. The van der Waals surface area contributed by atoms with Gasteiger partial charge in [-0.2, -0.15) is 0 Å². The minimum Gasteiger partial charge on any atom is -0.324 e. The van der Waals surface area contributed by atoms with Gasteiger partial charge in [-0.3, -0.25) is 4.79 Å². The highest BCUT2D eigenvalue weighted by atomic mass is 35.5. The predicted octanol–water partition coefficient (Wildman–Crippen LogP) is 3.77. The third-order valence-corrected chi connectivity index (χ3v) is 4.36. The quantitative estimate of drug-likeness (QED) is 0.883. The van der Waals surface area contributed by atoms with Crippen LogP contribution in [0.1, 0.15) is 28.7 Å². The van der Waals surface area contributed by atoms with E-state index in [4.69, 9.17) is 0 Å². The molecule has 1 aliphatic heterocycles. The van der Waals surface area contributed by atoms with Crippen LogP contribution >= 0.6 is 12.4 Å². The fraction of sp³-hybridized carbons (Fsp3) is 0.316. The predicted molar refractivity (Wildman–Crippen MR) is 97.2 cm³/mol. The molecule has 0 unspecified atom stereocenters. The molecule has 0 bridgehead atoms. The first-order chi connectivity index (χ1) is 11.1. The monoisotopic (exact) mass is 348 g/mol. The molecule has 1 amide bonds. The first kappa shape index (κ1) is 18.4. The van der Waals surface area contributed by atoms with Gasteiger partial charge in [-0.25, -0.2) is 4.39 Å². The summed E-state index contributed by atoms with van der Waals surface area (Å²) < 4.78 is 14.5. The number of carbonyl (C=O) groups is 1. The van der Waals surface area contributed by atoms with Crippen LogP contribution in [0.3, 0.4) is 0 Å². The Hall–Kier alpha value is -1.91. The van der Waals surface area contributed by atoms with Crippen LogP contribution in [0, 0.1) is 12.7 Å². The Morgan fingerprint density at radius 2 is 2.04 bits per heavy atom. The number of carbonyl (C=O) groups excluding carboxylic acids is 1. The molecule has 128 valence electrons. The Morgan fingerprint density at radius 3 is 2.83 bits per heavy atom. The molecule has 3 nitrogen and oxygen atoms in total. The number of benzene rings is 2. The number of nitrogens with one attached hydrogen (secondary N) is 2. The molecule has 5 heteroatoms. The van der Waals surface area contributed by atoms with Crippen molar-refractivity contribution in [1.82, 2.24) is 5.32 Å². The molecule has 1 aliphatic rings. The van der Waals surface area contributed by atoms with Gasteiger partial charge >= 0.3 is 0 Å². The molecule has 24 heavy (non-hydrogen) atoms. The van der Waals surface area contributed by atoms with E-state index in [-0.39, 0.29) is 24.1 Å². The highest BCUT2D eigenvalue weighted by Crippen LogP contribution is 2.24. The number of fused-ring (bicyclic) bond motifs is 1. The summed E-state index contributed by atoms with van der Waals surface area (Å²) in [6.07, 6.45) is 1.67. The zero-order valence-electron chi connectivity index (χ0n) is 13.7. The standard InChI is InChI=1S/C19H21FN2O.ClH/c1-13-4-2-3-5-14(13)7-9-18(23)22-17-8-6-15-12-21-11-10-16(15)19(17)20;/h2-6,8,21H,7,9-12H2,1H3,(H,22,23);1H. The van der Waals surface area contributed by atoms with Gasteiger partial charge in [-0.15, -0.1) is 12.4 Å². The van der Waals surface area contributed by atoms with E-state index in [0.29, 0.717) is 31.5 Å². The highest BCUT2D eigenvalue weighted by Gasteiger charge is 2.17. The molecule has 3 rings (SSSR count). The number of amides is 1. The van der Waals surface area contributed by atoms with E-state index in [1.165, 1.54) is 5.56 Å². The second kappa shape index (κ2) is 8.27. The molecule has 0 aromatic heterocycles. The van der Waals surface area contributed by atoms with Crippen molar-refractivity contribution in [2.45, 2.75) is 32.7 Å². The summed E-state index contributed by atoms with van der Waals surface area (Å²) in [5.74, 6) is -0.436. The largest absolute Gasteiger partial charge is 0.324 e. The third-order valence-electron chi connectivity index (χ3n) is 4.36. The molecule has 0 fully saturated rings. The number of aryl methyl sites for hydroxylation is 2. The van der Waals surface area contributed by atoms with Crippen LogP contribution in [0.4, 0.5) is 10.1 Å². The Bertz CT molecular complexity index is 733. The van der Waals surface area contributed by atoms with Crippen LogP contribution in [-0.2, 0) is 24.2 Å². The second-order valence-corrected chi connectivity index (χ2v) is 5.97. The molecule has 2 aromatic rings. The molecule has 0 aliphatic carbocycles. The smallest absolute Gasteiger partial charge is 0.224 e. The first-order valence-corrected chi connectivity index (χ1v) is 8.00. The Balaban J connectivity index is 0.00000208. The fourth-order valence-corrected chi connectivity index (χ4v) is 2.98. The number of hydrogen-bond acceptors (Lipinski definition) is 2. The van der Waals surface area contributed by atoms with E-state index < -0.39 is 0 Å². The van der Waals surface area contributed by atoms with Crippen molar-refractivity contribution < 1.29 is 9.18 Å². The van der Waals surface area contributed by atoms with Crippen molar-refractivity contribution in [3.05, 3.63) is 64.5 Å². The molecule has 0 atom stereocenters. The van der Waals surface area contributed by atoms with Gasteiger partial charge in [0.1, 0.15) is 5.82 Å². The lowest BCUT2D eigenvalue weighted by atomic mass is 9.99. The number of halogens is 2. The van der Waals surface area contributed by atoms with Crippen molar-refractivity contribution in [2.75, 3.05) is 11.9 Å². The maximum absolute atomic E-state index is 14.5. The van der Waals surface area contributed by atoms with Gasteiger partial charge in [0, 0.05) is 13.0 Å². The molecule has 2 aromatic carbocycles. The van der Waals surface area contributed by atoms with Gasteiger partial charge in [0.2, 0.25) is 5.91 Å². The third kappa shape index (κ3) is 4.13. The van der Waals surface area contributed by atoms with E-state index in [1.54, 1.807) is 6.07 Å². The average molecular weight is 349 g/mol. The van der Waals surface area contributed by atoms with Crippen molar-refractivity contribution >= 4 is 24.0 Å². The summed E-state index contributed by atoms with van der Waals surface area (Å²) in [7, 11) is 0. The van der Waals surface area contributed by atoms with Gasteiger partial charge in [0.05, 0.1) is 5.69 Å². The highest BCUT2D eigenvalue weighted by molar-refractivity contribution is 5.91. The van der Waals surface area contributed by atoms with Crippen LogP contribution in [0.25, 0.3) is 0 Å². The van der Waals surface area contributed by atoms with Gasteiger partial charge < -0.3 is 10.6 Å². The molecular weight excluding hydrogens is 327 g/mol. The van der Waals surface area contributed by atoms with Crippen LogP contribution in [0.5, 0.6) is 0 Å². The van der Waals surface area contributed by atoms with Crippen LogP contribution in [-0.4, -0.2) is 12.5 Å². The fourth-order valence-electron chi connectivity index (χ4n) is 2.98. The normalized spacial score (nSPS) is 12.9. The number of rotatable bonds is 4. The van der Waals surface area contributed by atoms with Gasteiger partial charge in [-0.1, -0.05) is 30.3 Å². The topological polar surface area (TPSA) is 41.1 Å². The molecule has 0 spiro atoms. The lowest BCUT2D eigenvalue weighted by Crippen LogP contribution is -2.25. The molecular formula is C19H22ClFN2O. The molecule has 2 N–H and O–H groups in total. The van der Waals surface area contributed by atoms with Crippen LogP contribution in [0.15, 0.2) is 36.4 Å². The van der Waals surface area contributed by atoms with Crippen molar-refractivity contribution in [3.63, 3.8) is 0 Å². The van der Waals surface area contributed by atoms with E-state index in [2.05, 4.69) is 10.6 Å².